The zero-order chi connectivity index (χ0) is 29.4. The van der Waals surface area contributed by atoms with Crippen LogP contribution in [-0.4, -0.2) is 44.6 Å². The van der Waals surface area contributed by atoms with E-state index < -0.39 is 35.7 Å². The van der Waals surface area contributed by atoms with Crippen LogP contribution in [0.25, 0.3) is 0 Å². The van der Waals surface area contributed by atoms with Crippen LogP contribution in [0.5, 0.6) is 17.2 Å². The maximum Gasteiger partial charge on any atom is 0.453 e. The number of ether oxygens (including phenoxy) is 1. The Morgan fingerprint density at radius 1 is 0.850 bits per heavy atom. The maximum atomic E-state index is 12.9. The molecular formula is C30H39F5O4S. The van der Waals surface area contributed by atoms with E-state index in [-0.39, 0.29) is 28.6 Å². The Labute approximate surface area is 235 Å². The summed E-state index contributed by atoms with van der Waals surface area (Å²) in [4.78, 5) is 0. The van der Waals surface area contributed by atoms with Gasteiger partial charge in [0.05, 0.1) is 6.61 Å². The van der Waals surface area contributed by atoms with Gasteiger partial charge in [0.1, 0.15) is 17.2 Å². The average molecular weight is 591 g/mol. The van der Waals surface area contributed by atoms with Gasteiger partial charge in [-0.15, -0.1) is 0 Å². The molecule has 224 valence electrons. The van der Waals surface area contributed by atoms with Crippen molar-refractivity contribution < 1.29 is 41.1 Å². The minimum absolute atomic E-state index is 0.135. The summed E-state index contributed by atoms with van der Waals surface area (Å²) in [5.41, 5.74) is 1.85. The number of halogens is 5. The molecule has 0 saturated carbocycles. The second-order valence-electron chi connectivity index (χ2n) is 10.9. The lowest BCUT2D eigenvalue weighted by atomic mass is 9.66. The molecule has 0 saturated heterocycles. The molecule has 40 heavy (non-hydrogen) atoms. The van der Waals surface area contributed by atoms with Gasteiger partial charge in [-0.25, -0.2) is 0 Å². The van der Waals surface area contributed by atoms with Crippen LogP contribution in [0.1, 0.15) is 88.2 Å². The number of fused-ring (bicyclic) bond motifs is 1. The van der Waals surface area contributed by atoms with Gasteiger partial charge in [0.25, 0.3) is 0 Å². The molecule has 0 amide bonds. The van der Waals surface area contributed by atoms with Crippen molar-refractivity contribution in [2.45, 2.75) is 94.6 Å². The highest BCUT2D eigenvalue weighted by Gasteiger charge is 2.56. The van der Waals surface area contributed by atoms with Crippen molar-refractivity contribution in [3.05, 3.63) is 53.6 Å². The molecule has 1 aliphatic rings. The summed E-state index contributed by atoms with van der Waals surface area (Å²) in [7, 11) is -1.38. The van der Waals surface area contributed by atoms with Crippen LogP contribution in [0, 0.1) is 0 Å². The Morgan fingerprint density at radius 2 is 1.43 bits per heavy atom. The Kier molecular flexibility index (Phi) is 11.3. The van der Waals surface area contributed by atoms with Crippen LogP contribution in [0.2, 0.25) is 0 Å². The Balaban J connectivity index is 1.38. The summed E-state index contributed by atoms with van der Waals surface area (Å²) < 4.78 is 80.4. The largest absolute Gasteiger partial charge is 0.508 e. The van der Waals surface area contributed by atoms with Gasteiger partial charge in [-0.1, -0.05) is 63.6 Å². The smallest absolute Gasteiger partial charge is 0.453 e. The Hall–Kier alpha value is -2.36. The third kappa shape index (κ3) is 8.57. The van der Waals surface area contributed by atoms with Crippen molar-refractivity contribution in [2.24, 2.45) is 0 Å². The number of hydrogen-bond donors (Lipinski definition) is 2. The summed E-state index contributed by atoms with van der Waals surface area (Å²) in [5, 5.41) is 19.7. The van der Waals surface area contributed by atoms with E-state index in [0.29, 0.717) is 24.5 Å². The third-order valence-electron chi connectivity index (χ3n) is 7.84. The van der Waals surface area contributed by atoms with E-state index in [9.17, 15) is 36.4 Å². The molecule has 0 bridgehead atoms. The lowest BCUT2D eigenvalue weighted by Gasteiger charge is -2.43. The van der Waals surface area contributed by atoms with Gasteiger partial charge >= 0.3 is 12.1 Å². The van der Waals surface area contributed by atoms with Gasteiger partial charge < -0.3 is 14.9 Å². The highest BCUT2D eigenvalue weighted by atomic mass is 32.2. The number of alkyl halides is 5. The standard InChI is InChI=1S/C30H39F5O4S/c1-28(22-11-13-23(36)14-12-22)21-39-27-20-24(37)15-16-25(27)26(28)10-7-5-3-2-4-6-8-18-40(38)19-9-17-29(31,32)30(33,34)35/h11-16,20,26,36-37H,2-10,17-19,21H2,1H3/t26-,28-,40?/m1/s1. The van der Waals surface area contributed by atoms with Gasteiger partial charge in [0.15, 0.2) is 0 Å². The van der Waals surface area contributed by atoms with E-state index in [0.717, 1.165) is 56.1 Å². The molecule has 4 nitrogen and oxygen atoms in total. The first kappa shape index (κ1) is 32.2. The van der Waals surface area contributed by atoms with Gasteiger partial charge in [-0.05, 0) is 48.6 Å². The zero-order valence-electron chi connectivity index (χ0n) is 22.8. The fraction of sp³-hybridized carbons (Fsp3) is 0.600. The van der Waals surface area contributed by atoms with Crippen LogP contribution in [0.15, 0.2) is 42.5 Å². The van der Waals surface area contributed by atoms with E-state index in [4.69, 9.17) is 4.74 Å². The predicted molar refractivity (Wildman–Crippen MR) is 147 cm³/mol. The van der Waals surface area contributed by atoms with Gasteiger partial charge in [0, 0.05) is 46.1 Å². The van der Waals surface area contributed by atoms with E-state index in [1.165, 1.54) is 0 Å². The molecule has 2 aromatic carbocycles. The minimum Gasteiger partial charge on any atom is -0.508 e. The molecule has 2 aromatic rings. The highest BCUT2D eigenvalue weighted by Crippen LogP contribution is 2.49. The van der Waals surface area contributed by atoms with Crippen LogP contribution < -0.4 is 4.74 Å². The Bertz CT molecular complexity index is 1110. The van der Waals surface area contributed by atoms with Crippen molar-refractivity contribution in [1.29, 1.82) is 0 Å². The lowest BCUT2D eigenvalue weighted by molar-refractivity contribution is -0.284. The number of phenols is 2. The van der Waals surface area contributed by atoms with Crippen molar-refractivity contribution in [3.63, 3.8) is 0 Å². The van der Waals surface area contributed by atoms with E-state index >= 15 is 0 Å². The number of unbranched alkanes of at least 4 members (excludes halogenated alkanes) is 6. The molecule has 3 rings (SSSR count). The van der Waals surface area contributed by atoms with Crippen LogP contribution >= 0.6 is 0 Å². The second kappa shape index (κ2) is 14.0. The monoisotopic (exact) mass is 590 g/mol. The molecule has 3 atom stereocenters. The summed E-state index contributed by atoms with van der Waals surface area (Å²) in [6.07, 6.45) is 0.205. The SMILES string of the molecule is C[C@]1(c2ccc(O)cc2)COc2cc(O)ccc2[C@H]1CCCCCCCCCS(=O)CCCC(F)(F)C(F)(F)F. The average Bonchev–Trinajstić information content (AvgIpc) is 2.88. The highest BCUT2D eigenvalue weighted by molar-refractivity contribution is 7.84. The lowest BCUT2D eigenvalue weighted by Crippen LogP contribution is -2.40. The fourth-order valence-corrected chi connectivity index (χ4v) is 6.60. The fourth-order valence-electron chi connectivity index (χ4n) is 5.40. The van der Waals surface area contributed by atoms with E-state index in [2.05, 4.69) is 6.92 Å². The van der Waals surface area contributed by atoms with Crippen molar-refractivity contribution in [1.82, 2.24) is 0 Å². The normalized spacial score (nSPS) is 20.1. The number of phenolic OH excluding ortho intramolecular Hbond substituents is 2. The van der Waals surface area contributed by atoms with Gasteiger partial charge in [-0.3, -0.25) is 4.21 Å². The first-order valence-electron chi connectivity index (χ1n) is 13.9. The first-order valence-corrected chi connectivity index (χ1v) is 15.4. The summed E-state index contributed by atoms with van der Waals surface area (Å²) in [5.74, 6) is -3.28. The maximum absolute atomic E-state index is 12.9. The van der Waals surface area contributed by atoms with E-state index in [1.54, 1.807) is 24.3 Å². The summed E-state index contributed by atoms with van der Waals surface area (Å²) in [6.45, 7) is 2.64. The number of aromatic hydroxyl groups is 2. The summed E-state index contributed by atoms with van der Waals surface area (Å²) in [6, 6.07) is 12.5. The molecule has 1 aliphatic heterocycles. The molecular weight excluding hydrogens is 551 g/mol. The quantitative estimate of drug-likeness (QED) is 0.162. The zero-order valence-corrected chi connectivity index (χ0v) is 23.6. The minimum atomic E-state index is -5.56. The van der Waals surface area contributed by atoms with Gasteiger partial charge in [0.2, 0.25) is 0 Å². The molecule has 2 N–H and O–H groups in total. The van der Waals surface area contributed by atoms with Crippen LogP contribution in [-0.2, 0) is 16.2 Å². The first-order chi connectivity index (χ1) is 18.8. The number of rotatable bonds is 15. The van der Waals surface area contributed by atoms with Crippen molar-refractivity contribution in [2.75, 3.05) is 18.1 Å². The number of hydrogen-bond acceptors (Lipinski definition) is 4. The van der Waals surface area contributed by atoms with Crippen molar-refractivity contribution >= 4 is 10.8 Å². The second-order valence-corrected chi connectivity index (χ2v) is 12.6. The van der Waals surface area contributed by atoms with Crippen LogP contribution in [0.4, 0.5) is 22.0 Å². The molecule has 0 radical (unpaired) electrons. The van der Waals surface area contributed by atoms with Crippen LogP contribution in [0.3, 0.4) is 0 Å². The Morgan fingerprint density at radius 3 is 2.08 bits per heavy atom. The molecule has 0 spiro atoms. The van der Waals surface area contributed by atoms with Crippen molar-refractivity contribution in [3.8, 4) is 17.2 Å². The third-order valence-corrected chi connectivity index (χ3v) is 9.33. The molecule has 1 heterocycles. The molecule has 10 heteroatoms. The summed E-state index contributed by atoms with van der Waals surface area (Å²) >= 11 is 0. The molecule has 0 aromatic heterocycles. The topological polar surface area (TPSA) is 66.8 Å². The predicted octanol–water partition coefficient (Wildman–Crippen LogP) is 8.38. The molecule has 0 aliphatic carbocycles. The van der Waals surface area contributed by atoms with Gasteiger partial charge in [-0.2, -0.15) is 22.0 Å². The molecule has 1 unspecified atom stereocenters. The van der Waals surface area contributed by atoms with E-state index in [1.807, 2.05) is 18.2 Å². The molecule has 0 fully saturated rings. The number of benzene rings is 2.